The molecular weight excluding hydrogens is 284 g/mol. The molecule has 0 aliphatic rings. The van der Waals surface area contributed by atoms with Gasteiger partial charge in [-0.1, -0.05) is 49.0 Å². The van der Waals surface area contributed by atoms with Crippen molar-refractivity contribution in [3.8, 4) is 11.3 Å². The predicted octanol–water partition coefficient (Wildman–Crippen LogP) is 2.27. The Bertz CT molecular complexity index is 597. The molecule has 0 fully saturated rings. The molecule has 0 spiro atoms. The van der Waals surface area contributed by atoms with Gasteiger partial charge in [0.15, 0.2) is 5.16 Å². The highest BCUT2D eigenvalue weighted by Gasteiger charge is 2.11. The van der Waals surface area contributed by atoms with Crippen LogP contribution >= 0.6 is 11.8 Å². The number of nitrogen functional groups attached to an aromatic ring is 1. The van der Waals surface area contributed by atoms with Gasteiger partial charge in [0, 0.05) is 11.6 Å². The van der Waals surface area contributed by atoms with Crippen LogP contribution in [0.25, 0.3) is 11.3 Å². The highest BCUT2D eigenvalue weighted by molar-refractivity contribution is 7.99. The number of hydrogen-bond donors (Lipinski definition) is 2. The summed E-state index contributed by atoms with van der Waals surface area (Å²) in [6, 6.07) is 10.0. The van der Waals surface area contributed by atoms with E-state index in [9.17, 15) is 4.79 Å². The van der Waals surface area contributed by atoms with Gasteiger partial charge in [0.1, 0.15) is 0 Å². The molecule has 3 N–H and O–H groups in total. The lowest BCUT2D eigenvalue weighted by Gasteiger charge is -2.10. The van der Waals surface area contributed by atoms with E-state index in [-0.39, 0.29) is 11.9 Å². The number of thioether (sulfide) groups is 1. The normalized spacial score (nSPS) is 12.1. The van der Waals surface area contributed by atoms with Crippen molar-refractivity contribution in [3.05, 3.63) is 36.5 Å². The Balaban J connectivity index is 1.99. The maximum absolute atomic E-state index is 11.8. The molecule has 21 heavy (non-hydrogen) atoms. The lowest BCUT2D eigenvalue weighted by Crippen LogP contribution is -2.33. The number of nitrogens with one attached hydrogen (secondary N) is 1. The van der Waals surface area contributed by atoms with Gasteiger partial charge in [-0.3, -0.25) is 4.79 Å². The standard InChI is InChI=1S/C15H20N4OS/c1-3-11(2)17-14(20)10-21-15-18-13(9-19(15)16)12-7-5-4-6-8-12/h4-9,11H,3,10,16H2,1-2H3,(H,17,20). The molecule has 0 saturated carbocycles. The molecule has 1 heterocycles. The second-order valence-corrected chi connectivity index (χ2v) is 5.79. The Hall–Kier alpha value is -1.95. The molecule has 0 bridgehead atoms. The summed E-state index contributed by atoms with van der Waals surface area (Å²) >= 11 is 1.34. The van der Waals surface area contributed by atoms with Crippen LogP contribution in [0.5, 0.6) is 0 Å². The maximum Gasteiger partial charge on any atom is 0.230 e. The monoisotopic (exact) mass is 304 g/mol. The van der Waals surface area contributed by atoms with Crippen LogP contribution < -0.4 is 11.2 Å². The smallest absolute Gasteiger partial charge is 0.230 e. The zero-order valence-electron chi connectivity index (χ0n) is 12.2. The van der Waals surface area contributed by atoms with Gasteiger partial charge in [0.25, 0.3) is 0 Å². The third-order valence-electron chi connectivity index (χ3n) is 3.12. The van der Waals surface area contributed by atoms with Gasteiger partial charge < -0.3 is 11.2 Å². The summed E-state index contributed by atoms with van der Waals surface area (Å²) < 4.78 is 1.46. The fourth-order valence-corrected chi connectivity index (χ4v) is 2.49. The first-order chi connectivity index (χ1) is 10.1. The second kappa shape index (κ2) is 7.17. The molecule has 1 atom stereocenters. The third kappa shape index (κ3) is 4.26. The van der Waals surface area contributed by atoms with E-state index in [2.05, 4.69) is 10.3 Å². The quantitative estimate of drug-likeness (QED) is 0.634. The van der Waals surface area contributed by atoms with E-state index < -0.39 is 0 Å². The molecule has 0 aliphatic heterocycles. The van der Waals surface area contributed by atoms with Crippen LogP contribution in [0, 0.1) is 0 Å². The molecular formula is C15H20N4OS. The molecule has 1 aromatic heterocycles. The predicted molar refractivity (Wildman–Crippen MR) is 86.4 cm³/mol. The number of aromatic nitrogens is 2. The number of carbonyl (C=O) groups excluding carboxylic acids is 1. The van der Waals surface area contributed by atoms with Gasteiger partial charge in [-0.2, -0.15) is 0 Å². The van der Waals surface area contributed by atoms with Crippen LogP contribution in [-0.4, -0.2) is 27.4 Å². The lowest BCUT2D eigenvalue weighted by molar-refractivity contribution is -0.119. The van der Waals surface area contributed by atoms with E-state index >= 15 is 0 Å². The largest absolute Gasteiger partial charge is 0.353 e. The van der Waals surface area contributed by atoms with E-state index in [1.807, 2.05) is 44.2 Å². The molecule has 6 heteroatoms. The Morgan fingerprint density at radius 3 is 2.81 bits per heavy atom. The van der Waals surface area contributed by atoms with E-state index in [1.165, 1.54) is 16.4 Å². The zero-order chi connectivity index (χ0) is 15.2. The average molecular weight is 304 g/mol. The molecule has 0 radical (unpaired) electrons. The van der Waals surface area contributed by atoms with Crippen LogP contribution in [0.2, 0.25) is 0 Å². The summed E-state index contributed by atoms with van der Waals surface area (Å²) in [5.74, 6) is 6.20. The van der Waals surface area contributed by atoms with Gasteiger partial charge in [-0.15, -0.1) is 0 Å². The number of nitrogens with zero attached hydrogens (tertiary/aromatic N) is 2. The van der Waals surface area contributed by atoms with Crippen molar-refractivity contribution < 1.29 is 4.79 Å². The lowest BCUT2D eigenvalue weighted by atomic mass is 10.2. The summed E-state index contributed by atoms with van der Waals surface area (Å²) in [4.78, 5) is 16.2. The minimum atomic E-state index is -0.00129. The maximum atomic E-state index is 11.8. The fourth-order valence-electron chi connectivity index (χ4n) is 1.78. The van der Waals surface area contributed by atoms with E-state index in [0.717, 1.165) is 17.7 Å². The number of benzene rings is 1. The Labute approximate surface area is 128 Å². The van der Waals surface area contributed by atoms with E-state index in [4.69, 9.17) is 5.84 Å². The van der Waals surface area contributed by atoms with Crippen molar-refractivity contribution in [2.24, 2.45) is 0 Å². The van der Waals surface area contributed by atoms with E-state index in [1.54, 1.807) is 6.20 Å². The van der Waals surface area contributed by atoms with Gasteiger partial charge >= 0.3 is 0 Å². The average Bonchev–Trinajstić information content (AvgIpc) is 2.87. The first-order valence-corrected chi connectivity index (χ1v) is 7.90. The molecule has 5 nitrogen and oxygen atoms in total. The minimum Gasteiger partial charge on any atom is -0.353 e. The van der Waals surface area contributed by atoms with Crippen molar-refractivity contribution in [3.63, 3.8) is 0 Å². The molecule has 1 aromatic carbocycles. The van der Waals surface area contributed by atoms with Gasteiger partial charge in [0.05, 0.1) is 17.6 Å². The summed E-state index contributed by atoms with van der Waals surface area (Å²) in [7, 11) is 0. The highest BCUT2D eigenvalue weighted by atomic mass is 32.2. The van der Waals surface area contributed by atoms with Crippen LogP contribution in [0.15, 0.2) is 41.7 Å². The molecule has 2 rings (SSSR count). The topological polar surface area (TPSA) is 72.9 Å². The van der Waals surface area contributed by atoms with Crippen LogP contribution in [-0.2, 0) is 4.79 Å². The Kier molecular flexibility index (Phi) is 5.27. The van der Waals surface area contributed by atoms with Crippen molar-refractivity contribution in [1.82, 2.24) is 15.0 Å². The summed E-state index contributed by atoms with van der Waals surface area (Å²) in [5, 5.41) is 3.55. The number of hydrogen-bond acceptors (Lipinski definition) is 4. The molecule has 1 unspecified atom stereocenters. The van der Waals surface area contributed by atoms with Crippen LogP contribution in [0.4, 0.5) is 0 Å². The zero-order valence-corrected chi connectivity index (χ0v) is 13.1. The number of amides is 1. The number of carbonyl (C=O) groups is 1. The number of imidazole rings is 1. The van der Waals surface area contributed by atoms with Crippen LogP contribution in [0.1, 0.15) is 20.3 Å². The van der Waals surface area contributed by atoms with Crippen LogP contribution in [0.3, 0.4) is 0 Å². The minimum absolute atomic E-state index is 0.00129. The summed E-state index contributed by atoms with van der Waals surface area (Å²) in [5.41, 5.74) is 1.82. The second-order valence-electron chi connectivity index (χ2n) is 4.85. The molecule has 112 valence electrons. The summed E-state index contributed by atoms with van der Waals surface area (Å²) in [6.45, 7) is 4.02. The molecule has 1 amide bonds. The third-order valence-corrected chi connectivity index (χ3v) is 4.09. The molecule has 2 aromatic rings. The number of nitrogens with two attached hydrogens (primary N) is 1. The Morgan fingerprint density at radius 1 is 1.43 bits per heavy atom. The SMILES string of the molecule is CCC(C)NC(=O)CSc1nc(-c2ccccc2)cn1N. The van der Waals surface area contributed by atoms with Crippen molar-refractivity contribution in [2.75, 3.05) is 11.6 Å². The van der Waals surface area contributed by atoms with Gasteiger partial charge in [-0.25, -0.2) is 9.66 Å². The summed E-state index contributed by atoms with van der Waals surface area (Å²) in [6.07, 6.45) is 2.68. The molecule has 0 aliphatic carbocycles. The van der Waals surface area contributed by atoms with Crippen molar-refractivity contribution in [2.45, 2.75) is 31.5 Å². The van der Waals surface area contributed by atoms with E-state index in [0.29, 0.717) is 10.9 Å². The molecule has 0 saturated heterocycles. The highest BCUT2D eigenvalue weighted by Crippen LogP contribution is 2.22. The van der Waals surface area contributed by atoms with Gasteiger partial charge in [-0.05, 0) is 13.3 Å². The van der Waals surface area contributed by atoms with Gasteiger partial charge in [0.2, 0.25) is 5.91 Å². The van der Waals surface area contributed by atoms with Crippen molar-refractivity contribution >= 4 is 17.7 Å². The number of rotatable bonds is 6. The first kappa shape index (κ1) is 15.4. The Morgan fingerprint density at radius 2 is 2.14 bits per heavy atom. The van der Waals surface area contributed by atoms with Crippen molar-refractivity contribution in [1.29, 1.82) is 0 Å². The fraction of sp³-hybridized carbons (Fsp3) is 0.333. The first-order valence-electron chi connectivity index (χ1n) is 6.92.